The number of methoxy groups -OCH3 is 1. The molecule has 0 bridgehead atoms. The normalized spacial score (nSPS) is 15.0. The van der Waals surface area contributed by atoms with Gasteiger partial charge in [0.2, 0.25) is 0 Å². The molecule has 5 rings (SSSR count). The van der Waals surface area contributed by atoms with Gasteiger partial charge in [0.05, 0.1) is 25.0 Å². The van der Waals surface area contributed by atoms with E-state index < -0.39 is 0 Å². The molecule has 0 spiro atoms. The summed E-state index contributed by atoms with van der Waals surface area (Å²) in [5.74, 6) is 1.55. The lowest BCUT2D eigenvalue weighted by Crippen LogP contribution is -2.28. The Bertz CT molecular complexity index is 1380. The number of ether oxygens (including phenoxy) is 2. The molecule has 2 heterocycles. The van der Waals surface area contributed by atoms with Gasteiger partial charge >= 0.3 is 0 Å². The highest BCUT2D eigenvalue weighted by Gasteiger charge is 2.21. The van der Waals surface area contributed by atoms with E-state index in [1.807, 2.05) is 31.3 Å². The molecule has 0 saturated heterocycles. The fourth-order valence-electron chi connectivity index (χ4n) is 4.65. The number of nitrogens with one attached hydrogen (secondary N) is 1. The van der Waals surface area contributed by atoms with Crippen LogP contribution in [-0.2, 0) is 13.0 Å². The number of rotatable bonds is 7. The maximum atomic E-state index is 6.14. The van der Waals surface area contributed by atoms with Crippen molar-refractivity contribution in [2.24, 2.45) is 0 Å². The highest BCUT2D eigenvalue weighted by atomic mass is 16.5. The molecule has 3 aromatic carbocycles. The third-order valence-electron chi connectivity index (χ3n) is 6.60. The number of hydrogen-bond donors (Lipinski definition) is 1. The van der Waals surface area contributed by atoms with Gasteiger partial charge in [-0.25, -0.2) is 0 Å². The Labute approximate surface area is 212 Å². The first-order chi connectivity index (χ1) is 17.6. The average Bonchev–Trinajstić information content (AvgIpc) is 2.91. The highest BCUT2D eigenvalue weighted by molar-refractivity contribution is 5.67. The van der Waals surface area contributed by atoms with Gasteiger partial charge in [-0.1, -0.05) is 60.7 Å². The molecule has 0 aliphatic carbocycles. The second-order valence-electron chi connectivity index (χ2n) is 9.17. The van der Waals surface area contributed by atoms with Crippen molar-refractivity contribution in [3.05, 3.63) is 113 Å². The van der Waals surface area contributed by atoms with Crippen molar-refractivity contribution in [1.82, 2.24) is 15.5 Å². The van der Waals surface area contributed by atoms with Crippen LogP contribution in [0, 0.1) is 13.8 Å². The van der Waals surface area contributed by atoms with Crippen LogP contribution in [0.1, 0.15) is 39.6 Å². The summed E-state index contributed by atoms with van der Waals surface area (Å²) >= 11 is 0. The van der Waals surface area contributed by atoms with Crippen LogP contribution < -0.4 is 14.8 Å². The Morgan fingerprint density at radius 1 is 0.972 bits per heavy atom. The molecule has 0 radical (unpaired) electrons. The molecule has 36 heavy (non-hydrogen) atoms. The lowest BCUT2D eigenvalue weighted by atomic mass is 9.92. The average molecular weight is 478 g/mol. The van der Waals surface area contributed by atoms with E-state index in [4.69, 9.17) is 9.47 Å². The van der Waals surface area contributed by atoms with Crippen LogP contribution in [0.15, 0.2) is 79.0 Å². The monoisotopic (exact) mass is 477 g/mol. The molecule has 1 aliphatic heterocycles. The van der Waals surface area contributed by atoms with E-state index in [1.54, 1.807) is 7.11 Å². The fourth-order valence-corrected chi connectivity index (χ4v) is 4.65. The molecule has 1 unspecified atom stereocenters. The summed E-state index contributed by atoms with van der Waals surface area (Å²) in [5.41, 5.74) is 9.22. The molecule has 0 fully saturated rings. The quantitative estimate of drug-likeness (QED) is 0.341. The molecule has 1 aromatic heterocycles. The van der Waals surface area contributed by atoms with E-state index >= 15 is 0 Å². The SMILES string of the molecule is COc1cc2c(cc1OCc1ccccc1)CCNC2/C=C/c1ccc(-c2cnnc(C)c2)cc1C. The third kappa shape index (κ3) is 5.31. The predicted molar refractivity (Wildman–Crippen MR) is 144 cm³/mol. The van der Waals surface area contributed by atoms with E-state index in [0.29, 0.717) is 6.61 Å². The predicted octanol–water partition coefficient (Wildman–Crippen LogP) is 6.25. The van der Waals surface area contributed by atoms with E-state index in [9.17, 15) is 0 Å². The summed E-state index contributed by atoms with van der Waals surface area (Å²) in [7, 11) is 1.70. The summed E-state index contributed by atoms with van der Waals surface area (Å²) in [6.45, 7) is 5.54. The smallest absolute Gasteiger partial charge is 0.161 e. The van der Waals surface area contributed by atoms with Crippen molar-refractivity contribution in [2.45, 2.75) is 32.9 Å². The Morgan fingerprint density at radius 2 is 1.83 bits per heavy atom. The molecule has 1 N–H and O–H groups in total. The van der Waals surface area contributed by atoms with Gasteiger partial charge in [0.15, 0.2) is 11.5 Å². The van der Waals surface area contributed by atoms with Crippen LogP contribution in [0.4, 0.5) is 0 Å². The fraction of sp³-hybridized carbons (Fsp3) is 0.226. The summed E-state index contributed by atoms with van der Waals surface area (Å²) in [6, 6.07) is 23.1. The minimum Gasteiger partial charge on any atom is -0.493 e. The number of benzene rings is 3. The first-order valence-electron chi connectivity index (χ1n) is 12.3. The van der Waals surface area contributed by atoms with Crippen LogP contribution >= 0.6 is 0 Å². The van der Waals surface area contributed by atoms with Gasteiger partial charge in [-0.15, -0.1) is 0 Å². The van der Waals surface area contributed by atoms with E-state index in [1.165, 1.54) is 22.3 Å². The zero-order valence-electron chi connectivity index (χ0n) is 21.0. The third-order valence-corrected chi connectivity index (χ3v) is 6.60. The number of aryl methyl sites for hydroxylation is 2. The van der Waals surface area contributed by atoms with Gasteiger partial charge in [0, 0.05) is 12.1 Å². The van der Waals surface area contributed by atoms with E-state index in [0.717, 1.165) is 46.8 Å². The Morgan fingerprint density at radius 3 is 2.61 bits per heavy atom. The largest absolute Gasteiger partial charge is 0.493 e. The molecular weight excluding hydrogens is 446 g/mol. The molecule has 0 amide bonds. The van der Waals surface area contributed by atoms with Gasteiger partial charge < -0.3 is 14.8 Å². The molecule has 0 saturated carbocycles. The minimum atomic E-state index is 0.108. The summed E-state index contributed by atoms with van der Waals surface area (Å²) in [4.78, 5) is 0. The van der Waals surface area contributed by atoms with E-state index in [-0.39, 0.29) is 6.04 Å². The van der Waals surface area contributed by atoms with Crippen molar-refractivity contribution >= 4 is 6.08 Å². The minimum absolute atomic E-state index is 0.108. The van der Waals surface area contributed by atoms with Gasteiger partial charge in [0.1, 0.15) is 6.61 Å². The first-order valence-corrected chi connectivity index (χ1v) is 12.3. The summed E-state index contributed by atoms with van der Waals surface area (Å²) < 4.78 is 11.9. The van der Waals surface area contributed by atoms with Crippen molar-refractivity contribution in [1.29, 1.82) is 0 Å². The Balaban J connectivity index is 1.36. The van der Waals surface area contributed by atoms with Crippen molar-refractivity contribution in [3.63, 3.8) is 0 Å². The molecule has 5 nitrogen and oxygen atoms in total. The van der Waals surface area contributed by atoms with E-state index in [2.05, 4.69) is 83.1 Å². The standard InChI is InChI=1S/C31H31N3O2/c1-21-15-25(27-16-22(2)34-33-19-27)10-9-24(21)11-12-29-28-18-30(35-3)31(17-26(28)13-14-32-29)36-20-23-7-5-4-6-8-23/h4-12,15-19,29,32H,13-14,20H2,1-3H3/b12-11+. The number of fused-ring (bicyclic) bond motifs is 1. The van der Waals surface area contributed by atoms with Gasteiger partial charge in [0.25, 0.3) is 0 Å². The van der Waals surface area contributed by atoms with Gasteiger partial charge in [-0.3, -0.25) is 0 Å². The topological polar surface area (TPSA) is 56.3 Å². The number of aromatic nitrogens is 2. The lowest BCUT2D eigenvalue weighted by Gasteiger charge is -2.26. The maximum absolute atomic E-state index is 6.14. The highest BCUT2D eigenvalue weighted by Crippen LogP contribution is 2.36. The van der Waals surface area contributed by atoms with Crippen molar-refractivity contribution < 1.29 is 9.47 Å². The van der Waals surface area contributed by atoms with Crippen LogP contribution in [0.3, 0.4) is 0 Å². The molecule has 1 atom stereocenters. The Kier molecular flexibility index (Phi) is 7.10. The molecule has 5 heteroatoms. The number of hydrogen-bond acceptors (Lipinski definition) is 5. The molecule has 1 aliphatic rings. The van der Waals surface area contributed by atoms with Crippen LogP contribution in [0.25, 0.3) is 17.2 Å². The van der Waals surface area contributed by atoms with Gasteiger partial charge in [-0.2, -0.15) is 10.2 Å². The molecule has 182 valence electrons. The molecular formula is C31H31N3O2. The van der Waals surface area contributed by atoms with Crippen LogP contribution in [0.5, 0.6) is 11.5 Å². The van der Waals surface area contributed by atoms with Gasteiger partial charge in [-0.05, 0) is 71.8 Å². The summed E-state index contributed by atoms with van der Waals surface area (Å²) in [5, 5.41) is 11.8. The second kappa shape index (κ2) is 10.8. The van der Waals surface area contributed by atoms with Crippen LogP contribution in [-0.4, -0.2) is 23.9 Å². The molecule has 4 aromatic rings. The lowest BCUT2D eigenvalue weighted by molar-refractivity contribution is 0.283. The Hall–Kier alpha value is -3.96. The maximum Gasteiger partial charge on any atom is 0.161 e. The van der Waals surface area contributed by atoms with Crippen LogP contribution in [0.2, 0.25) is 0 Å². The first kappa shape index (κ1) is 23.8. The zero-order chi connectivity index (χ0) is 24.9. The number of nitrogens with zero attached hydrogens (tertiary/aromatic N) is 2. The summed E-state index contributed by atoms with van der Waals surface area (Å²) in [6.07, 6.45) is 7.21. The second-order valence-corrected chi connectivity index (χ2v) is 9.17. The van der Waals surface area contributed by atoms with Crippen molar-refractivity contribution in [3.8, 4) is 22.6 Å². The van der Waals surface area contributed by atoms with Crippen molar-refractivity contribution in [2.75, 3.05) is 13.7 Å². The zero-order valence-corrected chi connectivity index (χ0v) is 21.0.